The lowest BCUT2D eigenvalue weighted by atomic mass is 9.96. The molecular formula is C15H21N3O2. The number of nitrogens with two attached hydrogens (primary N) is 1. The molecule has 1 heterocycles. The van der Waals surface area contributed by atoms with Crippen LogP contribution in [-0.2, 0) is 16.1 Å². The summed E-state index contributed by atoms with van der Waals surface area (Å²) in [5.41, 5.74) is 6.16. The molecule has 0 bridgehead atoms. The third kappa shape index (κ3) is 3.17. The van der Waals surface area contributed by atoms with E-state index in [1.807, 2.05) is 29.1 Å². The molecule has 20 heavy (non-hydrogen) atoms. The first-order valence-corrected chi connectivity index (χ1v) is 6.82. The largest absolute Gasteiger partial charge is 0.468 e. The van der Waals surface area contributed by atoms with Crippen LogP contribution in [0.15, 0.2) is 30.5 Å². The SMILES string of the molecule is COC(=O)C(C)(N)CCCCn1ncc2ccccc21. The lowest BCUT2D eigenvalue weighted by Crippen LogP contribution is -2.45. The first-order chi connectivity index (χ1) is 9.54. The fourth-order valence-corrected chi connectivity index (χ4v) is 2.29. The predicted octanol–water partition coefficient (Wildman–Crippen LogP) is 2.10. The maximum Gasteiger partial charge on any atom is 0.325 e. The zero-order valence-electron chi connectivity index (χ0n) is 12.0. The van der Waals surface area contributed by atoms with Crippen molar-refractivity contribution in [3.05, 3.63) is 30.5 Å². The number of carbonyl (C=O) groups is 1. The van der Waals surface area contributed by atoms with Crippen LogP contribution in [0, 0.1) is 0 Å². The van der Waals surface area contributed by atoms with E-state index in [-0.39, 0.29) is 5.97 Å². The number of hydrogen-bond donors (Lipinski definition) is 1. The summed E-state index contributed by atoms with van der Waals surface area (Å²) in [6.45, 7) is 2.53. The average molecular weight is 275 g/mol. The molecule has 5 heteroatoms. The summed E-state index contributed by atoms with van der Waals surface area (Å²) in [5, 5.41) is 5.52. The average Bonchev–Trinajstić information content (AvgIpc) is 2.86. The van der Waals surface area contributed by atoms with Gasteiger partial charge < -0.3 is 10.5 Å². The number of methoxy groups -OCH3 is 1. The van der Waals surface area contributed by atoms with Crippen molar-refractivity contribution in [1.82, 2.24) is 9.78 Å². The van der Waals surface area contributed by atoms with Crippen molar-refractivity contribution in [3.8, 4) is 0 Å². The van der Waals surface area contributed by atoms with Gasteiger partial charge in [-0.1, -0.05) is 18.2 Å². The summed E-state index contributed by atoms with van der Waals surface area (Å²) < 4.78 is 6.68. The minimum Gasteiger partial charge on any atom is -0.468 e. The van der Waals surface area contributed by atoms with E-state index < -0.39 is 5.54 Å². The van der Waals surface area contributed by atoms with Crippen molar-refractivity contribution in [3.63, 3.8) is 0 Å². The van der Waals surface area contributed by atoms with Crippen LogP contribution < -0.4 is 5.73 Å². The van der Waals surface area contributed by atoms with Crippen LogP contribution in [0.2, 0.25) is 0 Å². The second-order valence-corrected chi connectivity index (χ2v) is 5.29. The molecule has 2 rings (SSSR count). The van der Waals surface area contributed by atoms with Gasteiger partial charge >= 0.3 is 5.97 Å². The van der Waals surface area contributed by atoms with Crippen LogP contribution in [0.5, 0.6) is 0 Å². The van der Waals surface area contributed by atoms with Crippen molar-refractivity contribution in [2.24, 2.45) is 5.73 Å². The van der Waals surface area contributed by atoms with E-state index in [0.717, 1.165) is 30.3 Å². The lowest BCUT2D eigenvalue weighted by Gasteiger charge is -2.21. The van der Waals surface area contributed by atoms with Gasteiger partial charge in [0.15, 0.2) is 0 Å². The number of benzene rings is 1. The Morgan fingerprint density at radius 3 is 2.90 bits per heavy atom. The predicted molar refractivity (Wildman–Crippen MR) is 78.2 cm³/mol. The van der Waals surface area contributed by atoms with Crippen LogP contribution >= 0.6 is 0 Å². The first-order valence-electron chi connectivity index (χ1n) is 6.82. The third-order valence-electron chi connectivity index (χ3n) is 3.52. The van der Waals surface area contributed by atoms with Gasteiger partial charge in [0, 0.05) is 11.9 Å². The van der Waals surface area contributed by atoms with E-state index in [1.165, 1.54) is 7.11 Å². The number of nitrogens with zero attached hydrogens (tertiary/aromatic N) is 2. The molecule has 0 aliphatic carbocycles. The van der Waals surface area contributed by atoms with Gasteiger partial charge in [0.25, 0.3) is 0 Å². The fourth-order valence-electron chi connectivity index (χ4n) is 2.29. The monoisotopic (exact) mass is 275 g/mol. The quantitative estimate of drug-likeness (QED) is 0.647. The van der Waals surface area contributed by atoms with Gasteiger partial charge in [0.2, 0.25) is 0 Å². The van der Waals surface area contributed by atoms with Crippen molar-refractivity contribution in [1.29, 1.82) is 0 Å². The van der Waals surface area contributed by atoms with Gasteiger partial charge in [-0.3, -0.25) is 9.48 Å². The number of aromatic nitrogens is 2. The highest BCUT2D eigenvalue weighted by Gasteiger charge is 2.28. The van der Waals surface area contributed by atoms with Crippen molar-refractivity contribution in [2.75, 3.05) is 7.11 Å². The van der Waals surface area contributed by atoms with E-state index in [9.17, 15) is 4.79 Å². The van der Waals surface area contributed by atoms with Gasteiger partial charge in [-0.2, -0.15) is 5.10 Å². The molecule has 1 atom stereocenters. The molecule has 0 aliphatic rings. The Hall–Kier alpha value is -1.88. The molecule has 2 N–H and O–H groups in total. The standard InChI is InChI=1S/C15H21N3O2/c1-15(16,14(19)20-2)9-5-6-10-18-13-8-4-3-7-12(13)11-17-18/h3-4,7-8,11H,5-6,9-10,16H2,1-2H3. The van der Waals surface area contributed by atoms with Crippen LogP contribution in [0.4, 0.5) is 0 Å². The Morgan fingerprint density at radius 1 is 1.40 bits per heavy atom. The molecule has 0 radical (unpaired) electrons. The van der Waals surface area contributed by atoms with Gasteiger partial charge in [0.1, 0.15) is 5.54 Å². The number of unbranched alkanes of at least 4 members (excludes halogenated alkanes) is 1. The molecule has 1 unspecified atom stereocenters. The summed E-state index contributed by atoms with van der Waals surface area (Å²) in [6.07, 6.45) is 4.27. The zero-order chi connectivity index (χ0) is 14.6. The molecule has 0 spiro atoms. The molecule has 0 aliphatic heterocycles. The Bertz CT molecular complexity index is 590. The number of aryl methyl sites for hydroxylation is 1. The second-order valence-electron chi connectivity index (χ2n) is 5.29. The fraction of sp³-hybridized carbons (Fsp3) is 0.467. The highest BCUT2D eigenvalue weighted by molar-refractivity contribution is 5.79. The molecule has 1 aromatic heterocycles. The molecule has 0 amide bonds. The minimum absolute atomic E-state index is 0.359. The summed E-state index contributed by atoms with van der Waals surface area (Å²) in [5.74, 6) is -0.359. The van der Waals surface area contributed by atoms with Gasteiger partial charge in [-0.05, 0) is 32.3 Å². The molecule has 108 valence electrons. The summed E-state index contributed by atoms with van der Waals surface area (Å²) in [4.78, 5) is 11.5. The van der Waals surface area contributed by atoms with Gasteiger partial charge in [-0.25, -0.2) is 0 Å². The number of fused-ring (bicyclic) bond motifs is 1. The van der Waals surface area contributed by atoms with Crippen molar-refractivity contribution < 1.29 is 9.53 Å². The van der Waals surface area contributed by atoms with E-state index in [2.05, 4.69) is 11.2 Å². The van der Waals surface area contributed by atoms with Crippen molar-refractivity contribution in [2.45, 2.75) is 38.3 Å². The van der Waals surface area contributed by atoms with Crippen LogP contribution in [0.1, 0.15) is 26.2 Å². The highest BCUT2D eigenvalue weighted by atomic mass is 16.5. The maximum absolute atomic E-state index is 11.5. The third-order valence-corrected chi connectivity index (χ3v) is 3.52. The van der Waals surface area contributed by atoms with Crippen LogP contribution in [-0.4, -0.2) is 28.4 Å². The minimum atomic E-state index is -0.902. The Kier molecular flexibility index (Phi) is 4.39. The first kappa shape index (κ1) is 14.5. The van der Waals surface area contributed by atoms with E-state index in [0.29, 0.717) is 6.42 Å². The van der Waals surface area contributed by atoms with Crippen LogP contribution in [0.25, 0.3) is 10.9 Å². The van der Waals surface area contributed by atoms with Gasteiger partial charge in [-0.15, -0.1) is 0 Å². The molecule has 5 nitrogen and oxygen atoms in total. The number of rotatable bonds is 6. The number of esters is 1. The summed E-state index contributed by atoms with van der Waals surface area (Å²) in [6, 6.07) is 8.12. The molecule has 2 aromatic rings. The number of hydrogen-bond acceptors (Lipinski definition) is 4. The Balaban J connectivity index is 1.86. The molecule has 0 saturated heterocycles. The topological polar surface area (TPSA) is 70.1 Å². The molecule has 0 fully saturated rings. The van der Waals surface area contributed by atoms with Gasteiger partial charge in [0.05, 0.1) is 18.8 Å². The number of carbonyl (C=O) groups excluding carboxylic acids is 1. The normalized spacial score (nSPS) is 14.2. The second kappa shape index (κ2) is 6.05. The van der Waals surface area contributed by atoms with Crippen molar-refractivity contribution >= 4 is 16.9 Å². The highest BCUT2D eigenvalue weighted by Crippen LogP contribution is 2.16. The molecule has 1 aromatic carbocycles. The number of ether oxygens (including phenoxy) is 1. The maximum atomic E-state index is 11.5. The zero-order valence-corrected chi connectivity index (χ0v) is 12.0. The van der Waals surface area contributed by atoms with E-state index in [4.69, 9.17) is 10.5 Å². The molecule has 0 saturated carbocycles. The molecular weight excluding hydrogens is 254 g/mol. The summed E-state index contributed by atoms with van der Waals surface area (Å²) >= 11 is 0. The number of para-hydroxylation sites is 1. The van der Waals surface area contributed by atoms with E-state index in [1.54, 1.807) is 6.92 Å². The Morgan fingerprint density at radius 2 is 2.15 bits per heavy atom. The Labute approximate surface area is 118 Å². The lowest BCUT2D eigenvalue weighted by molar-refractivity contribution is -0.146. The summed E-state index contributed by atoms with van der Waals surface area (Å²) in [7, 11) is 1.36. The van der Waals surface area contributed by atoms with E-state index >= 15 is 0 Å². The smallest absolute Gasteiger partial charge is 0.325 e. The van der Waals surface area contributed by atoms with Crippen LogP contribution in [0.3, 0.4) is 0 Å².